The highest BCUT2D eigenvalue weighted by Gasteiger charge is 2.10. The van der Waals surface area contributed by atoms with Crippen LogP contribution in [0.5, 0.6) is 0 Å². The monoisotopic (exact) mass is 315 g/mol. The smallest absolute Gasteiger partial charge is 0.173 e. The van der Waals surface area contributed by atoms with Crippen LogP contribution in [0, 0.1) is 11.3 Å². The van der Waals surface area contributed by atoms with Crippen molar-refractivity contribution in [3.8, 4) is 17.5 Å². The molecule has 0 unspecified atom stereocenters. The predicted molar refractivity (Wildman–Crippen MR) is 66.5 cm³/mol. The fourth-order valence-corrected chi connectivity index (χ4v) is 1.87. The van der Waals surface area contributed by atoms with Gasteiger partial charge in [-0.2, -0.15) is 5.26 Å². The van der Waals surface area contributed by atoms with Crippen LogP contribution < -0.4 is 0 Å². The Morgan fingerprint density at radius 1 is 1.31 bits per heavy atom. The van der Waals surface area contributed by atoms with Gasteiger partial charge >= 0.3 is 0 Å². The average Bonchev–Trinajstić information content (AvgIpc) is 2.64. The van der Waals surface area contributed by atoms with Gasteiger partial charge in [0, 0.05) is 5.56 Å². The third-order valence-electron chi connectivity index (χ3n) is 1.96. The zero-order valence-electron chi connectivity index (χ0n) is 7.76. The molecule has 16 heavy (non-hydrogen) atoms. The number of nitrogens with one attached hydrogen (secondary N) is 1. The summed E-state index contributed by atoms with van der Waals surface area (Å²) in [4.78, 5) is 7.04. The van der Waals surface area contributed by atoms with E-state index in [2.05, 4.69) is 25.9 Å². The van der Waals surface area contributed by atoms with E-state index in [1.54, 1.807) is 18.2 Å². The lowest BCUT2D eigenvalue weighted by molar-refractivity contribution is 1.29. The van der Waals surface area contributed by atoms with Crippen molar-refractivity contribution in [2.24, 2.45) is 0 Å². The summed E-state index contributed by atoms with van der Waals surface area (Å²) in [6.07, 6.45) is 0. The van der Waals surface area contributed by atoms with Crippen molar-refractivity contribution in [1.82, 2.24) is 9.97 Å². The van der Waals surface area contributed by atoms with Gasteiger partial charge < -0.3 is 4.98 Å². The third-order valence-corrected chi connectivity index (χ3v) is 3.27. The number of aromatic amines is 1. The van der Waals surface area contributed by atoms with E-state index in [1.165, 1.54) is 0 Å². The summed E-state index contributed by atoms with van der Waals surface area (Å²) in [7, 11) is 0. The molecule has 0 radical (unpaired) electrons. The maximum absolute atomic E-state index is 8.77. The molecule has 0 fully saturated rings. The van der Waals surface area contributed by atoms with Gasteiger partial charge in [0.25, 0.3) is 0 Å². The van der Waals surface area contributed by atoms with Gasteiger partial charge in [-0.15, -0.1) is 0 Å². The number of hydrogen-bond donors (Lipinski definition) is 1. The number of benzene rings is 1. The van der Waals surface area contributed by atoms with Gasteiger partial charge in [0.15, 0.2) is 5.69 Å². The van der Waals surface area contributed by atoms with Gasteiger partial charge in [-0.25, -0.2) is 4.98 Å². The fourth-order valence-electron chi connectivity index (χ4n) is 1.21. The van der Waals surface area contributed by atoms with Crippen LogP contribution in [0.1, 0.15) is 5.69 Å². The Kier molecular flexibility index (Phi) is 3.20. The molecule has 1 heterocycles. The van der Waals surface area contributed by atoms with Crippen LogP contribution in [0.15, 0.2) is 22.8 Å². The molecule has 0 saturated heterocycles. The molecule has 1 aromatic heterocycles. The van der Waals surface area contributed by atoms with Crippen LogP contribution in [0.4, 0.5) is 0 Å². The van der Waals surface area contributed by atoms with E-state index in [4.69, 9.17) is 28.5 Å². The Labute approximate surface area is 110 Å². The summed E-state index contributed by atoms with van der Waals surface area (Å²) in [5.74, 6) is 0.571. The van der Waals surface area contributed by atoms with E-state index in [-0.39, 0.29) is 0 Å². The lowest BCUT2D eigenvalue weighted by Crippen LogP contribution is -1.81. The molecule has 2 aromatic rings. The second-order valence-corrected chi connectivity index (χ2v) is 4.60. The second kappa shape index (κ2) is 4.46. The van der Waals surface area contributed by atoms with Crippen molar-refractivity contribution >= 4 is 39.1 Å². The molecule has 0 aliphatic heterocycles. The van der Waals surface area contributed by atoms with E-state index in [0.29, 0.717) is 26.2 Å². The fraction of sp³-hybridized carbons (Fsp3) is 0. The summed E-state index contributed by atoms with van der Waals surface area (Å²) < 4.78 is 0.552. The quantitative estimate of drug-likeness (QED) is 0.864. The largest absolute Gasteiger partial charge is 0.332 e. The Balaban J connectivity index is 2.51. The van der Waals surface area contributed by atoms with Gasteiger partial charge in [0.1, 0.15) is 16.5 Å². The highest BCUT2D eigenvalue weighted by molar-refractivity contribution is 9.10. The Hall–Kier alpha value is -1.02. The summed E-state index contributed by atoms with van der Waals surface area (Å²) in [5.41, 5.74) is 1.08. The highest BCUT2D eigenvalue weighted by atomic mass is 79.9. The Morgan fingerprint density at radius 2 is 2.06 bits per heavy atom. The van der Waals surface area contributed by atoms with E-state index in [9.17, 15) is 0 Å². The minimum Gasteiger partial charge on any atom is -0.332 e. The summed E-state index contributed by atoms with van der Waals surface area (Å²) in [6.45, 7) is 0. The molecule has 0 saturated carbocycles. The van der Waals surface area contributed by atoms with E-state index >= 15 is 0 Å². The minimum atomic E-state index is 0.307. The van der Waals surface area contributed by atoms with Gasteiger partial charge in [-0.05, 0) is 34.1 Å². The molecule has 0 aliphatic carbocycles. The van der Waals surface area contributed by atoms with E-state index < -0.39 is 0 Å². The lowest BCUT2D eigenvalue weighted by Gasteiger charge is -1.99. The van der Waals surface area contributed by atoms with Gasteiger partial charge in [0.05, 0.1) is 10.0 Å². The predicted octanol–water partition coefficient (Wildman–Crippen LogP) is 4.02. The lowest BCUT2D eigenvalue weighted by atomic mass is 10.2. The van der Waals surface area contributed by atoms with Gasteiger partial charge in [-0.3, -0.25) is 0 Å². The van der Waals surface area contributed by atoms with Crippen LogP contribution >= 0.6 is 39.1 Å². The number of rotatable bonds is 1. The standard InChI is InChI=1S/C10H4BrCl2N3/c11-9-8(4-14)15-10(16-9)5-1-2-6(12)7(13)3-5/h1-3H,(H,15,16). The number of halogens is 3. The first-order chi connectivity index (χ1) is 7.61. The molecule has 0 spiro atoms. The van der Waals surface area contributed by atoms with E-state index in [1.807, 2.05) is 6.07 Å². The van der Waals surface area contributed by atoms with Crippen molar-refractivity contribution in [1.29, 1.82) is 5.26 Å². The zero-order valence-corrected chi connectivity index (χ0v) is 10.9. The molecule has 1 aromatic carbocycles. The molecule has 1 N–H and O–H groups in total. The Bertz CT molecular complexity index is 586. The maximum atomic E-state index is 8.77. The molecule has 6 heteroatoms. The molecule has 0 amide bonds. The minimum absolute atomic E-state index is 0.307. The summed E-state index contributed by atoms with van der Waals surface area (Å²) >= 11 is 14.9. The van der Waals surface area contributed by atoms with Crippen molar-refractivity contribution in [3.05, 3.63) is 38.5 Å². The molecule has 2 rings (SSSR count). The van der Waals surface area contributed by atoms with Crippen molar-refractivity contribution in [2.75, 3.05) is 0 Å². The number of H-pyrrole nitrogens is 1. The Morgan fingerprint density at radius 3 is 2.62 bits per heavy atom. The van der Waals surface area contributed by atoms with Crippen LogP contribution in [-0.4, -0.2) is 9.97 Å². The van der Waals surface area contributed by atoms with Crippen molar-refractivity contribution in [3.63, 3.8) is 0 Å². The molecule has 80 valence electrons. The molecular formula is C10H4BrCl2N3. The molecule has 0 aliphatic rings. The summed E-state index contributed by atoms with van der Waals surface area (Å²) in [6, 6.07) is 7.11. The first-order valence-electron chi connectivity index (χ1n) is 4.23. The number of imidazole rings is 1. The highest BCUT2D eigenvalue weighted by Crippen LogP contribution is 2.28. The zero-order chi connectivity index (χ0) is 11.7. The SMILES string of the molecule is N#Cc1nc(-c2ccc(Cl)c(Cl)c2)[nH]c1Br. The van der Waals surface area contributed by atoms with Gasteiger partial charge in [-0.1, -0.05) is 23.2 Å². The van der Waals surface area contributed by atoms with E-state index in [0.717, 1.165) is 5.56 Å². The van der Waals surface area contributed by atoms with Crippen LogP contribution in [0.25, 0.3) is 11.4 Å². The number of nitriles is 1. The summed E-state index contributed by atoms with van der Waals surface area (Å²) in [5, 5.41) is 9.70. The van der Waals surface area contributed by atoms with Crippen molar-refractivity contribution < 1.29 is 0 Å². The average molecular weight is 317 g/mol. The van der Waals surface area contributed by atoms with Gasteiger partial charge in [0.2, 0.25) is 0 Å². The van der Waals surface area contributed by atoms with Crippen LogP contribution in [0.2, 0.25) is 10.0 Å². The number of hydrogen-bond acceptors (Lipinski definition) is 2. The third kappa shape index (κ3) is 2.07. The second-order valence-electron chi connectivity index (χ2n) is 2.99. The molecule has 0 bridgehead atoms. The topological polar surface area (TPSA) is 52.5 Å². The molecule has 3 nitrogen and oxygen atoms in total. The maximum Gasteiger partial charge on any atom is 0.173 e. The molecule has 0 atom stereocenters. The normalized spacial score (nSPS) is 10.1. The van der Waals surface area contributed by atoms with Crippen LogP contribution in [-0.2, 0) is 0 Å². The number of nitrogens with zero attached hydrogens (tertiary/aromatic N) is 2. The van der Waals surface area contributed by atoms with Crippen LogP contribution in [0.3, 0.4) is 0 Å². The first kappa shape index (κ1) is 11.5. The van der Waals surface area contributed by atoms with Crippen molar-refractivity contribution in [2.45, 2.75) is 0 Å². The number of aromatic nitrogens is 2. The first-order valence-corrected chi connectivity index (χ1v) is 5.77. The molecular weight excluding hydrogens is 313 g/mol.